The monoisotopic (exact) mass is 129 g/mol. The standard InChI is InChI=1S/C6H11NO2/c1-5(2)4-9-6(8)3-7/h1,3-4,7H2,2H3. The normalized spacial score (nSPS) is 8.67. The van der Waals surface area contributed by atoms with Gasteiger partial charge in [0.25, 0.3) is 0 Å². The van der Waals surface area contributed by atoms with Crippen molar-refractivity contribution in [1.29, 1.82) is 0 Å². The van der Waals surface area contributed by atoms with Gasteiger partial charge in [-0.3, -0.25) is 4.79 Å². The Bertz CT molecular complexity index is 120. The van der Waals surface area contributed by atoms with Crippen LogP contribution in [-0.2, 0) is 9.53 Å². The first-order valence-electron chi connectivity index (χ1n) is 2.67. The molecule has 0 aliphatic rings. The summed E-state index contributed by atoms with van der Waals surface area (Å²) in [5.74, 6) is -0.391. The van der Waals surface area contributed by atoms with Gasteiger partial charge in [-0.1, -0.05) is 6.58 Å². The number of carbonyl (C=O) groups excluding carboxylic acids is 1. The van der Waals surface area contributed by atoms with E-state index >= 15 is 0 Å². The average molecular weight is 129 g/mol. The van der Waals surface area contributed by atoms with E-state index < -0.39 is 5.97 Å². The molecule has 0 amide bonds. The molecule has 0 saturated carbocycles. The third-order valence-electron chi connectivity index (χ3n) is 0.646. The highest BCUT2D eigenvalue weighted by Crippen LogP contribution is 1.86. The van der Waals surface area contributed by atoms with Crippen molar-refractivity contribution in [2.24, 2.45) is 5.73 Å². The van der Waals surface area contributed by atoms with Crippen LogP contribution in [0, 0.1) is 0 Å². The lowest BCUT2D eigenvalue weighted by Crippen LogP contribution is -2.17. The summed E-state index contributed by atoms with van der Waals surface area (Å²) >= 11 is 0. The van der Waals surface area contributed by atoms with Gasteiger partial charge in [0.15, 0.2) is 0 Å². The van der Waals surface area contributed by atoms with Crippen LogP contribution in [0.4, 0.5) is 0 Å². The van der Waals surface area contributed by atoms with Crippen molar-refractivity contribution >= 4 is 5.97 Å². The maximum Gasteiger partial charge on any atom is 0.320 e. The van der Waals surface area contributed by atoms with Crippen molar-refractivity contribution in [3.63, 3.8) is 0 Å². The quantitative estimate of drug-likeness (QED) is 0.433. The van der Waals surface area contributed by atoms with Gasteiger partial charge in [0.2, 0.25) is 0 Å². The first kappa shape index (κ1) is 8.17. The SMILES string of the molecule is C=C(C)COC(=O)CN. The van der Waals surface area contributed by atoms with Gasteiger partial charge >= 0.3 is 5.97 Å². The summed E-state index contributed by atoms with van der Waals surface area (Å²) in [6.07, 6.45) is 0. The molecule has 0 aliphatic carbocycles. The van der Waals surface area contributed by atoms with E-state index in [9.17, 15) is 4.79 Å². The second-order valence-electron chi connectivity index (χ2n) is 1.82. The number of ether oxygens (including phenoxy) is 1. The lowest BCUT2D eigenvalue weighted by Gasteiger charge is -1.99. The van der Waals surface area contributed by atoms with Gasteiger partial charge in [0.05, 0.1) is 6.54 Å². The molecule has 0 aromatic heterocycles. The zero-order valence-corrected chi connectivity index (χ0v) is 5.52. The fraction of sp³-hybridized carbons (Fsp3) is 0.500. The summed E-state index contributed by atoms with van der Waals surface area (Å²) in [4.78, 5) is 10.3. The van der Waals surface area contributed by atoms with Crippen LogP contribution in [0.25, 0.3) is 0 Å². The number of carbonyl (C=O) groups is 1. The van der Waals surface area contributed by atoms with E-state index in [1.165, 1.54) is 0 Å². The Morgan fingerprint density at radius 3 is 2.67 bits per heavy atom. The van der Waals surface area contributed by atoms with Gasteiger partial charge in [0, 0.05) is 0 Å². The molecule has 0 rings (SSSR count). The van der Waals surface area contributed by atoms with E-state index in [0.29, 0.717) is 0 Å². The molecule has 0 fully saturated rings. The third kappa shape index (κ3) is 5.03. The zero-order chi connectivity index (χ0) is 7.28. The Labute approximate surface area is 54.5 Å². The van der Waals surface area contributed by atoms with Crippen molar-refractivity contribution in [3.05, 3.63) is 12.2 Å². The Balaban J connectivity index is 3.28. The molecule has 52 valence electrons. The predicted molar refractivity (Wildman–Crippen MR) is 34.8 cm³/mol. The fourth-order valence-corrected chi connectivity index (χ4v) is 0.263. The molecule has 0 bridgehead atoms. The Morgan fingerprint density at radius 2 is 2.33 bits per heavy atom. The second kappa shape index (κ2) is 4.09. The minimum absolute atomic E-state index is 0.0622. The van der Waals surface area contributed by atoms with Crippen LogP contribution in [0.2, 0.25) is 0 Å². The lowest BCUT2D eigenvalue weighted by molar-refractivity contribution is -0.140. The maximum absolute atomic E-state index is 10.3. The lowest BCUT2D eigenvalue weighted by atomic mass is 10.4. The maximum atomic E-state index is 10.3. The van der Waals surface area contributed by atoms with Gasteiger partial charge < -0.3 is 10.5 Å². The summed E-state index contributed by atoms with van der Waals surface area (Å²) in [7, 11) is 0. The van der Waals surface area contributed by atoms with Crippen molar-refractivity contribution in [3.8, 4) is 0 Å². The number of hydrogen-bond donors (Lipinski definition) is 1. The molecule has 3 nitrogen and oxygen atoms in total. The van der Waals surface area contributed by atoms with Crippen LogP contribution in [0.5, 0.6) is 0 Å². The van der Waals surface area contributed by atoms with E-state index in [0.717, 1.165) is 5.57 Å². The van der Waals surface area contributed by atoms with E-state index in [1.54, 1.807) is 6.92 Å². The van der Waals surface area contributed by atoms with Gasteiger partial charge in [-0.2, -0.15) is 0 Å². The number of hydrogen-bond acceptors (Lipinski definition) is 3. The van der Waals surface area contributed by atoms with Crippen molar-refractivity contribution in [2.75, 3.05) is 13.2 Å². The van der Waals surface area contributed by atoms with E-state index in [1.807, 2.05) is 0 Å². The van der Waals surface area contributed by atoms with Crippen LogP contribution >= 0.6 is 0 Å². The van der Waals surface area contributed by atoms with Gasteiger partial charge in [-0.15, -0.1) is 0 Å². The Kier molecular flexibility index (Phi) is 3.71. The van der Waals surface area contributed by atoms with Gasteiger partial charge in [-0.05, 0) is 12.5 Å². The summed E-state index contributed by atoms with van der Waals surface area (Å²) in [6, 6.07) is 0. The van der Waals surface area contributed by atoms with Crippen LogP contribution < -0.4 is 5.73 Å². The molecule has 3 heteroatoms. The molecule has 2 N–H and O–H groups in total. The highest BCUT2D eigenvalue weighted by atomic mass is 16.5. The van der Waals surface area contributed by atoms with E-state index in [-0.39, 0.29) is 13.2 Å². The number of esters is 1. The molecule has 0 saturated heterocycles. The minimum atomic E-state index is -0.391. The van der Waals surface area contributed by atoms with Crippen molar-refractivity contribution < 1.29 is 9.53 Å². The molecular formula is C6H11NO2. The molecule has 0 radical (unpaired) electrons. The molecule has 0 aliphatic heterocycles. The third-order valence-corrected chi connectivity index (χ3v) is 0.646. The summed E-state index contributed by atoms with van der Waals surface area (Å²) < 4.78 is 4.59. The Morgan fingerprint density at radius 1 is 1.78 bits per heavy atom. The van der Waals surface area contributed by atoms with Crippen molar-refractivity contribution in [2.45, 2.75) is 6.92 Å². The van der Waals surface area contributed by atoms with Crippen molar-refractivity contribution in [1.82, 2.24) is 0 Å². The first-order chi connectivity index (χ1) is 4.16. The number of nitrogens with two attached hydrogens (primary N) is 1. The topological polar surface area (TPSA) is 52.3 Å². The highest BCUT2D eigenvalue weighted by molar-refractivity contribution is 5.71. The van der Waals surface area contributed by atoms with Crippen LogP contribution in [-0.4, -0.2) is 19.1 Å². The first-order valence-corrected chi connectivity index (χ1v) is 2.67. The molecule has 0 aromatic carbocycles. The molecule has 9 heavy (non-hydrogen) atoms. The average Bonchev–Trinajstić information content (AvgIpc) is 1.83. The van der Waals surface area contributed by atoms with Crippen LogP contribution in [0.3, 0.4) is 0 Å². The Hall–Kier alpha value is -0.830. The molecule has 0 atom stereocenters. The number of rotatable bonds is 3. The largest absolute Gasteiger partial charge is 0.460 e. The second-order valence-corrected chi connectivity index (χ2v) is 1.82. The summed E-state index contributed by atoms with van der Waals surface area (Å²) in [5, 5.41) is 0. The molecule has 0 heterocycles. The van der Waals surface area contributed by atoms with E-state index in [2.05, 4.69) is 11.3 Å². The fourth-order valence-electron chi connectivity index (χ4n) is 0.263. The summed E-state index contributed by atoms with van der Waals surface area (Å²) in [6.45, 7) is 5.54. The molecule has 0 unspecified atom stereocenters. The molecule has 0 spiro atoms. The van der Waals surface area contributed by atoms with E-state index in [4.69, 9.17) is 5.73 Å². The minimum Gasteiger partial charge on any atom is -0.460 e. The van der Waals surface area contributed by atoms with Crippen LogP contribution in [0.1, 0.15) is 6.92 Å². The highest BCUT2D eigenvalue weighted by Gasteiger charge is 1.95. The predicted octanol–water partition coefficient (Wildman–Crippen LogP) is 0.0644. The molecular weight excluding hydrogens is 118 g/mol. The summed E-state index contributed by atoms with van der Waals surface area (Å²) in [5.41, 5.74) is 5.77. The van der Waals surface area contributed by atoms with Gasteiger partial charge in [-0.25, -0.2) is 0 Å². The van der Waals surface area contributed by atoms with Gasteiger partial charge in [0.1, 0.15) is 6.61 Å². The zero-order valence-electron chi connectivity index (χ0n) is 5.52. The smallest absolute Gasteiger partial charge is 0.320 e. The van der Waals surface area contributed by atoms with Crippen LogP contribution in [0.15, 0.2) is 12.2 Å². The molecule has 0 aromatic rings.